The van der Waals surface area contributed by atoms with Gasteiger partial charge < -0.3 is 15.8 Å². The van der Waals surface area contributed by atoms with Gasteiger partial charge >= 0.3 is 0 Å². The van der Waals surface area contributed by atoms with E-state index in [2.05, 4.69) is 5.32 Å². The first-order chi connectivity index (χ1) is 8.59. The van der Waals surface area contributed by atoms with Crippen molar-refractivity contribution < 1.29 is 9.53 Å². The van der Waals surface area contributed by atoms with Crippen molar-refractivity contribution in [1.82, 2.24) is 5.32 Å². The van der Waals surface area contributed by atoms with Crippen molar-refractivity contribution in [3.63, 3.8) is 0 Å². The van der Waals surface area contributed by atoms with Crippen molar-refractivity contribution in [2.45, 2.75) is 19.4 Å². The number of nitrogens with one attached hydrogen (secondary N) is 1. The Balaban J connectivity index is 1.97. The zero-order valence-corrected chi connectivity index (χ0v) is 11.0. The maximum atomic E-state index is 12.0. The number of nitrogen functional groups attached to an aromatic ring is 1. The maximum absolute atomic E-state index is 12.0. The van der Waals surface area contributed by atoms with Gasteiger partial charge in [0.2, 0.25) is 0 Å². The maximum Gasteiger partial charge on any atom is 0.252 e. The summed E-state index contributed by atoms with van der Waals surface area (Å²) < 4.78 is 5.45. The van der Waals surface area contributed by atoms with Crippen LogP contribution in [-0.2, 0) is 4.74 Å². The number of ether oxygens (including phenoxy) is 1. The fraction of sp³-hybridized carbons (Fsp3) is 0.462. The molecule has 5 heteroatoms. The minimum atomic E-state index is -0.189. The summed E-state index contributed by atoms with van der Waals surface area (Å²) in [7, 11) is 0. The van der Waals surface area contributed by atoms with Crippen LogP contribution in [0, 0.1) is 5.92 Å². The molecule has 18 heavy (non-hydrogen) atoms. The number of hydrogen-bond donors (Lipinski definition) is 2. The van der Waals surface area contributed by atoms with E-state index >= 15 is 0 Å². The second-order valence-electron chi connectivity index (χ2n) is 4.54. The van der Waals surface area contributed by atoms with E-state index in [0.29, 0.717) is 28.7 Å². The third-order valence-electron chi connectivity index (χ3n) is 3.33. The van der Waals surface area contributed by atoms with E-state index in [1.54, 1.807) is 18.2 Å². The van der Waals surface area contributed by atoms with Gasteiger partial charge in [-0.25, -0.2) is 0 Å². The van der Waals surface area contributed by atoms with Crippen LogP contribution in [0.1, 0.15) is 23.7 Å². The zero-order chi connectivity index (χ0) is 13.1. The van der Waals surface area contributed by atoms with Gasteiger partial charge in [-0.1, -0.05) is 17.7 Å². The lowest BCUT2D eigenvalue weighted by Crippen LogP contribution is -2.32. The number of nitrogens with two attached hydrogens (primary N) is 1. The van der Waals surface area contributed by atoms with Gasteiger partial charge in [0.25, 0.3) is 5.91 Å². The molecular formula is C13H17ClN2O2. The van der Waals surface area contributed by atoms with Gasteiger partial charge in [-0.05, 0) is 25.5 Å². The number of amides is 1. The zero-order valence-electron chi connectivity index (χ0n) is 10.3. The van der Waals surface area contributed by atoms with Gasteiger partial charge in [0, 0.05) is 19.1 Å². The number of hydrogen-bond acceptors (Lipinski definition) is 3. The molecule has 0 spiro atoms. The molecule has 1 aromatic rings. The van der Waals surface area contributed by atoms with Crippen LogP contribution in [0.25, 0.3) is 0 Å². The average Bonchev–Trinajstić information content (AvgIpc) is 2.75. The van der Waals surface area contributed by atoms with E-state index in [0.717, 1.165) is 13.0 Å². The van der Waals surface area contributed by atoms with Gasteiger partial charge in [0.05, 0.1) is 22.4 Å². The third kappa shape index (κ3) is 2.76. The summed E-state index contributed by atoms with van der Waals surface area (Å²) >= 11 is 6.00. The number of benzene rings is 1. The van der Waals surface area contributed by atoms with Gasteiger partial charge in [-0.3, -0.25) is 4.79 Å². The molecule has 0 radical (unpaired) electrons. The second kappa shape index (κ2) is 5.59. The van der Waals surface area contributed by atoms with Crippen molar-refractivity contribution in [2.75, 3.05) is 18.9 Å². The molecule has 2 rings (SSSR count). The minimum absolute atomic E-state index is 0.189. The Kier molecular flexibility index (Phi) is 4.09. The quantitative estimate of drug-likeness (QED) is 0.825. The predicted molar refractivity (Wildman–Crippen MR) is 71.7 cm³/mol. The van der Waals surface area contributed by atoms with Crippen molar-refractivity contribution in [2.24, 2.45) is 5.92 Å². The van der Waals surface area contributed by atoms with Crippen LogP contribution < -0.4 is 11.1 Å². The van der Waals surface area contributed by atoms with Crippen LogP contribution in [0.2, 0.25) is 5.02 Å². The first-order valence-corrected chi connectivity index (χ1v) is 6.41. The van der Waals surface area contributed by atoms with Crippen molar-refractivity contribution in [3.8, 4) is 0 Å². The lowest BCUT2D eigenvalue weighted by atomic mass is 10.0. The normalized spacial score (nSPS) is 23.0. The van der Waals surface area contributed by atoms with Crippen molar-refractivity contribution in [3.05, 3.63) is 28.8 Å². The minimum Gasteiger partial charge on any atom is -0.398 e. The van der Waals surface area contributed by atoms with E-state index in [-0.39, 0.29) is 12.0 Å². The number of halogens is 1. The summed E-state index contributed by atoms with van der Waals surface area (Å²) in [6, 6.07) is 5.06. The molecule has 1 heterocycles. The highest BCUT2D eigenvalue weighted by Crippen LogP contribution is 2.23. The summed E-state index contributed by atoms with van der Waals surface area (Å²) in [6.07, 6.45) is 1.17. The standard InChI is InChI=1S/C13H17ClN2O2/c1-8-9(5-6-18-8)7-16-13(17)10-3-2-4-11(15)12(10)14/h2-4,8-9H,5-7,15H2,1H3,(H,16,17). The Hall–Kier alpha value is -1.26. The summed E-state index contributed by atoms with van der Waals surface area (Å²) in [5.74, 6) is 0.181. The molecule has 1 aliphatic heterocycles. The molecule has 98 valence electrons. The van der Waals surface area contributed by atoms with Gasteiger partial charge in [0.15, 0.2) is 0 Å². The monoisotopic (exact) mass is 268 g/mol. The van der Waals surface area contributed by atoms with Crippen molar-refractivity contribution >= 4 is 23.2 Å². The molecule has 4 nitrogen and oxygen atoms in total. The van der Waals surface area contributed by atoms with Crippen LogP contribution in [0.3, 0.4) is 0 Å². The highest BCUT2D eigenvalue weighted by atomic mass is 35.5. The smallest absolute Gasteiger partial charge is 0.252 e. The van der Waals surface area contributed by atoms with Crippen LogP contribution >= 0.6 is 11.6 Å². The Morgan fingerprint density at radius 2 is 2.39 bits per heavy atom. The molecule has 1 aromatic carbocycles. The molecule has 1 fully saturated rings. The van der Waals surface area contributed by atoms with Crippen LogP contribution in [0.5, 0.6) is 0 Å². The molecule has 3 N–H and O–H groups in total. The molecule has 2 unspecified atom stereocenters. The molecule has 1 amide bonds. The Morgan fingerprint density at radius 1 is 1.61 bits per heavy atom. The van der Waals surface area contributed by atoms with E-state index in [4.69, 9.17) is 22.1 Å². The molecule has 0 bridgehead atoms. The van der Waals surface area contributed by atoms with E-state index in [9.17, 15) is 4.79 Å². The molecule has 1 aliphatic rings. The van der Waals surface area contributed by atoms with Gasteiger partial charge in [0.1, 0.15) is 0 Å². The van der Waals surface area contributed by atoms with Crippen LogP contribution in [0.4, 0.5) is 5.69 Å². The fourth-order valence-electron chi connectivity index (χ4n) is 2.09. The molecule has 2 atom stereocenters. The van der Waals surface area contributed by atoms with Gasteiger partial charge in [-0.2, -0.15) is 0 Å². The summed E-state index contributed by atoms with van der Waals surface area (Å²) in [4.78, 5) is 12.0. The van der Waals surface area contributed by atoms with Gasteiger partial charge in [-0.15, -0.1) is 0 Å². The van der Waals surface area contributed by atoms with Crippen LogP contribution in [-0.4, -0.2) is 25.2 Å². The third-order valence-corrected chi connectivity index (χ3v) is 3.75. The highest BCUT2D eigenvalue weighted by molar-refractivity contribution is 6.36. The molecule has 0 aliphatic carbocycles. The molecular weight excluding hydrogens is 252 g/mol. The lowest BCUT2D eigenvalue weighted by molar-refractivity contribution is 0.0907. The fourth-order valence-corrected chi connectivity index (χ4v) is 2.30. The summed E-state index contributed by atoms with van der Waals surface area (Å²) in [6.45, 7) is 3.39. The number of carbonyl (C=O) groups excluding carboxylic acids is 1. The summed E-state index contributed by atoms with van der Waals surface area (Å²) in [5, 5.41) is 3.19. The largest absolute Gasteiger partial charge is 0.398 e. The number of anilines is 1. The Labute approximate surface area is 111 Å². The number of rotatable bonds is 3. The predicted octanol–water partition coefficient (Wildman–Crippen LogP) is 2.08. The van der Waals surface area contributed by atoms with E-state index in [1.807, 2.05) is 6.92 Å². The summed E-state index contributed by atoms with van der Waals surface area (Å²) in [5.41, 5.74) is 6.50. The lowest BCUT2D eigenvalue weighted by Gasteiger charge is -2.15. The Bertz CT molecular complexity index is 451. The average molecular weight is 269 g/mol. The SMILES string of the molecule is CC1OCCC1CNC(=O)c1cccc(N)c1Cl. The number of carbonyl (C=O) groups is 1. The first kappa shape index (κ1) is 13.2. The first-order valence-electron chi connectivity index (χ1n) is 6.03. The van der Waals surface area contributed by atoms with Crippen LogP contribution in [0.15, 0.2) is 18.2 Å². The van der Waals surface area contributed by atoms with Crippen molar-refractivity contribution in [1.29, 1.82) is 0 Å². The molecule has 1 saturated heterocycles. The highest BCUT2D eigenvalue weighted by Gasteiger charge is 2.24. The second-order valence-corrected chi connectivity index (χ2v) is 4.92. The Morgan fingerprint density at radius 3 is 3.06 bits per heavy atom. The topological polar surface area (TPSA) is 64.3 Å². The molecule has 0 saturated carbocycles. The van der Waals surface area contributed by atoms with E-state index < -0.39 is 0 Å². The van der Waals surface area contributed by atoms with E-state index in [1.165, 1.54) is 0 Å². The molecule has 0 aromatic heterocycles.